The lowest BCUT2D eigenvalue weighted by molar-refractivity contribution is 0.642. The summed E-state index contributed by atoms with van der Waals surface area (Å²) in [6.45, 7) is 1.32. The minimum Gasteiger partial charge on any atom is -0.346 e. The van der Waals surface area contributed by atoms with Gasteiger partial charge in [-0.25, -0.2) is 0 Å². The van der Waals surface area contributed by atoms with Gasteiger partial charge in [0.05, 0.1) is 17.8 Å². The van der Waals surface area contributed by atoms with Crippen molar-refractivity contribution in [3.05, 3.63) is 35.8 Å². The molecule has 3 rings (SSSR count). The summed E-state index contributed by atoms with van der Waals surface area (Å²) in [6.07, 6.45) is 0. The SMILES string of the molecule is CN(C)c1n[nH]c(CNCc2nn(C)c3ccccc23)n1. The molecule has 0 aliphatic carbocycles. The highest BCUT2D eigenvalue weighted by molar-refractivity contribution is 5.81. The summed E-state index contributed by atoms with van der Waals surface area (Å²) < 4.78 is 1.91. The van der Waals surface area contributed by atoms with Gasteiger partial charge in [0, 0.05) is 33.1 Å². The largest absolute Gasteiger partial charge is 0.346 e. The van der Waals surface area contributed by atoms with E-state index in [1.165, 1.54) is 5.39 Å². The maximum Gasteiger partial charge on any atom is 0.244 e. The number of benzene rings is 1. The molecule has 0 saturated carbocycles. The fourth-order valence-corrected chi connectivity index (χ4v) is 2.28. The van der Waals surface area contributed by atoms with Crippen LogP contribution in [0.4, 0.5) is 5.95 Å². The zero-order valence-corrected chi connectivity index (χ0v) is 12.5. The van der Waals surface area contributed by atoms with Crippen LogP contribution in [0.15, 0.2) is 24.3 Å². The van der Waals surface area contributed by atoms with E-state index in [9.17, 15) is 0 Å². The Morgan fingerprint density at radius 1 is 1.24 bits per heavy atom. The number of H-pyrrole nitrogens is 1. The minimum atomic E-state index is 0.631. The van der Waals surface area contributed by atoms with Crippen molar-refractivity contribution < 1.29 is 0 Å². The number of aryl methyl sites for hydroxylation is 1. The first kappa shape index (κ1) is 13.6. The molecule has 1 aromatic carbocycles. The highest BCUT2D eigenvalue weighted by Gasteiger charge is 2.08. The van der Waals surface area contributed by atoms with Gasteiger partial charge in [-0.05, 0) is 6.07 Å². The lowest BCUT2D eigenvalue weighted by Gasteiger charge is -2.03. The van der Waals surface area contributed by atoms with E-state index in [4.69, 9.17) is 0 Å². The Balaban J connectivity index is 1.66. The number of hydrogen-bond acceptors (Lipinski definition) is 5. The van der Waals surface area contributed by atoms with Crippen LogP contribution in [0.25, 0.3) is 10.9 Å². The van der Waals surface area contributed by atoms with E-state index < -0.39 is 0 Å². The van der Waals surface area contributed by atoms with Crippen molar-refractivity contribution in [2.75, 3.05) is 19.0 Å². The number of para-hydroxylation sites is 1. The highest BCUT2D eigenvalue weighted by Crippen LogP contribution is 2.17. The molecule has 0 saturated heterocycles. The fourth-order valence-electron chi connectivity index (χ4n) is 2.28. The van der Waals surface area contributed by atoms with Gasteiger partial charge in [-0.15, -0.1) is 5.10 Å². The maximum atomic E-state index is 4.55. The molecule has 0 bridgehead atoms. The Kier molecular flexibility index (Phi) is 3.57. The van der Waals surface area contributed by atoms with Crippen molar-refractivity contribution in [1.29, 1.82) is 0 Å². The molecule has 3 aromatic rings. The molecule has 2 N–H and O–H groups in total. The van der Waals surface area contributed by atoms with Crippen LogP contribution in [0, 0.1) is 0 Å². The zero-order chi connectivity index (χ0) is 14.8. The van der Waals surface area contributed by atoms with E-state index in [0.717, 1.165) is 17.0 Å². The van der Waals surface area contributed by atoms with Crippen LogP contribution in [0.1, 0.15) is 11.5 Å². The average molecular weight is 285 g/mol. The van der Waals surface area contributed by atoms with Gasteiger partial charge in [0.15, 0.2) is 0 Å². The van der Waals surface area contributed by atoms with Crippen molar-refractivity contribution in [1.82, 2.24) is 30.3 Å². The summed E-state index contributed by atoms with van der Waals surface area (Å²) in [6, 6.07) is 8.23. The highest BCUT2D eigenvalue weighted by atomic mass is 15.3. The van der Waals surface area contributed by atoms with Gasteiger partial charge in [-0.1, -0.05) is 18.2 Å². The number of rotatable bonds is 5. The molecule has 7 nitrogen and oxygen atoms in total. The number of aromatic nitrogens is 5. The van der Waals surface area contributed by atoms with Crippen LogP contribution in [0.2, 0.25) is 0 Å². The van der Waals surface area contributed by atoms with Gasteiger partial charge in [0.1, 0.15) is 5.82 Å². The Bertz CT molecular complexity index is 741. The summed E-state index contributed by atoms with van der Waals surface area (Å²) in [5.41, 5.74) is 2.18. The first-order valence-electron chi connectivity index (χ1n) is 6.85. The van der Waals surface area contributed by atoms with Crippen molar-refractivity contribution in [2.45, 2.75) is 13.1 Å². The summed E-state index contributed by atoms with van der Waals surface area (Å²) in [4.78, 5) is 6.25. The third-order valence-electron chi connectivity index (χ3n) is 3.34. The molecule has 0 atom stereocenters. The number of aromatic amines is 1. The van der Waals surface area contributed by atoms with E-state index in [1.807, 2.05) is 42.9 Å². The van der Waals surface area contributed by atoms with Crippen LogP contribution < -0.4 is 10.2 Å². The number of hydrogen-bond donors (Lipinski definition) is 2. The molecular weight excluding hydrogens is 266 g/mol. The molecule has 0 radical (unpaired) electrons. The second kappa shape index (κ2) is 5.53. The van der Waals surface area contributed by atoms with E-state index in [0.29, 0.717) is 19.0 Å². The van der Waals surface area contributed by atoms with Crippen molar-refractivity contribution >= 4 is 16.9 Å². The van der Waals surface area contributed by atoms with Crippen LogP contribution in [0.3, 0.4) is 0 Å². The van der Waals surface area contributed by atoms with Gasteiger partial charge < -0.3 is 10.2 Å². The standard InChI is InChI=1S/C14H19N7/c1-20(2)14-16-13(17-18-14)9-15-8-11-10-6-4-5-7-12(10)21(3)19-11/h4-7,15H,8-9H2,1-3H3,(H,16,17,18). The molecule has 0 spiro atoms. The molecule has 110 valence electrons. The van der Waals surface area contributed by atoms with Gasteiger partial charge in [-0.3, -0.25) is 9.78 Å². The molecule has 0 aliphatic rings. The zero-order valence-electron chi connectivity index (χ0n) is 12.5. The molecule has 0 amide bonds. The summed E-state index contributed by atoms with van der Waals surface area (Å²) in [5, 5.41) is 16.1. The molecular formula is C14H19N7. The molecule has 7 heteroatoms. The Labute approximate surface area is 123 Å². The first-order chi connectivity index (χ1) is 10.1. The van der Waals surface area contributed by atoms with Gasteiger partial charge in [0.25, 0.3) is 0 Å². The second-order valence-electron chi connectivity index (χ2n) is 5.17. The van der Waals surface area contributed by atoms with Crippen LogP contribution >= 0.6 is 0 Å². The Morgan fingerprint density at radius 2 is 2.05 bits per heavy atom. The molecule has 0 unspecified atom stereocenters. The van der Waals surface area contributed by atoms with Gasteiger partial charge in [0.2, 0.25) is 5.95 Å². The average Bonchev–Trinajstić information content (AvgIpc) is 3.06. The van der Waals surface area contributed by atoms with Gasteiger partial charge >= 0.3 is 0 Å². The number of anilines is 1. The van der Waals surface area contributed by atoms with Crippen LogP contribution in [-0.2, 0) is 20.1 Å². The lowest BCUT2D eigenvalue weighted by atomic mass is 10.2. The molecule has 0 aliphatic heterocycles. The Morgan fingerprint density at radius 3 is 2.81 bits per heavy atom. The molecule has 0 fully saturated rings. The van der Waals surface area contributed by atoms with E-state index in [1.54, 1.807) is 0 Å². The summed E-state index contributed by atoms with van der Waals surface area (Å²) >= 11 is 0. The monoisotopic (exact) mass is 285 g/mol. The predicted octanol–water partition coefficient (Wildman–Crippen LogP) is 1.05. The van der Waals surface area contributed by atoms with E-state index in [-0.39, 0.29) is 0 Å². The third kappa shape index (κ3) is 2.73. The third-order valence-corrected chi connectivity index (χ3v) is 3.34. The molecule has 21 heavy (non-hydrogen) atoms. The lowest BCUT2D eigenvalue weighted by Crippen LogP contribution is -2.15. The van der Waals surface area contributed by atoms with Crippen LogP contribution in [0.5, 0.6) is 0 Å². The Hall–Kier alpha value is -2.41. The normalized spacial score (nSPS) is 11.2. The number of fused-ring (bicyclic) bond motifs is 1. The number of nitrogens with zero attached hydrogens (tertiary/aromatic N) is 5. The fraction of sp³-hybridized carbons (Fsp3) is 0.357. The minimum absolute atomic E-state index is 0.631. The quantitative estimate of drug-likeness (QED) is 0.733. The summed E-state index contributed by atoms with van der Waals surface area (Å²) in [7, 11) is 5.80. The van der Waals surface area contributed by atoms with Crippen molar-refractivity contribution in [2.24, 2.45) is 7.05 Å². The number of nitrogens with one attached hydrogen (secondary N) is 2. The second-order valence-corrected chi connectivity index (χ2v) is 5.17. The molecule has 2 aromatic heterocycles. The van der Waals surface area contributed by atoms with E-state index >= 15 is 0 Å². The van der Waals surface area contributed by atoms with Crippen molar-refractivity contribution in [3.63, 3.8) is 0 Å². The molecule has 2 heterocycles. The van der Waals surface area contributed by atoms with Crippen LogP contribution in [-0.4, -0.2) is 39.1 Å². The topological polar surface area (TPSA) is 74.7 Å². The first-order valence-corrected chi connectivity index (χ1v) is 6.85. The summed E-state index contributed by atoms with van der Waals surface area (Å²) in [5.74, 6) is 1.51. The van der Waals surface area contributed by atoms with Crippen molar-refractivity contribution in [3.8, 4) is 0 Å². The van der Waals surface area contributed by atoms with E-state index in [2.05, 4.69) is 37.7 Å². The van der Waals surface area contributed by atoms with Gasteiger partial charge in [-0.2, -0.15) is 10.1 Å². The predicted molar refractivity (Wildman–Crippen MR) is 82.0 cm³/mol. The maximum absolute atomic E-state index is 4.55. The smallest absolute Gasteiger partial charge is 0.244 e.